The molecule has 27 heavy (non-hydrogen) atoms. The van der Waals surface area contributed by atoms with Gasteiger partial charge in [-0.15, -0.1) is 0 Å². The van der Waals surface area contributed by atoms with Crippen molar-refractivity contribution in [2.75, 3.05) is 0 Å². The zero-order chi connectivity index (χ0) is 19.2. The van der Waals surface area contributed by atoms with Crippen LogP contribution in [0.5, 0.6) is 5.75 Å². The van der Waals surface area contributed by atoms with Crippen molar-refractivity contribution in [3.05, 3.63) is 65.8 Å². The first-order valence-electron chi connectivity index (χ1n) is 8.56. The number of esters is 1. The minimum Gasteiger partial charge on any atom is -0.479 e. The third kappa shape index (κ3) is 4.91. The van der Waals surface area contributed by atoms with Gasteiger partial charge in [-0.2, -0.15) is 4.98 Å². The first-order chi connectivity index (χ1) is 13.0. The fourth-order valence-corrected chi connectivity index (χ4v) is 2.34. The third-order valence-corrected chi connectivity index (χ3v) is 3.88. The molecule has 1 aromatic heterocycles. The standard InChI is InChI=1S/C20H19FN2O4/c1-3-14-4-6-15(7-5-14)19-22-18(27-23-19)12-25-20(24)13(2)26-17-10-8-16(21)9-11-17/h4-11,13H,3,12H2,1-2H3/t13-/m0/s1. The molecule has 0 aliphatic heterocycles. The molecule has 2 aromatic carbocycles. The quantitative estimate of drug-likeness (QED) is 0.586. The summed E-state index contributed by atoms with van der Waals surface area (Å²) in [6.45, 7) is 3.47. The normalized spacial score (nSPS) is 11.8. The van der Waals surface area contributed by atoms with Crippen LogP contribution in [0.4, 0.5) is 4.39 Å². The minimum absolute atomic E-state index is 0.157. The van der Waals surface area contributed by atoms with Gasteiger partial charge in [0.15, 0.2) is 12.7 Å². The second kappa shape index (κ2) is 8.44. The van der Waals surface area contributed by atoms with Gasteiger partial charge < -0.3 is 14.0 Å². The molecule has 0 saturated heterocycles. The van der Waals surface area contributed by atoms with E-state index in [1.54, 1.807) is 6.92 Å². The third-order valence-electron chi connectivity index (χ3n) is 3.88. The Morgan fingerprint density at radius 1 is 1.15 bits per heavy atom. The van der Waals surface area contributed by atoms with Gasteiger partial charge in [0.1, 0.15) is 11.6 Å². The molecule has 1 heterocycles. The fraction of sp³-hybridized carbons (Fsp3) is 0.250. The van der Waals surface area contributed by atoms with Crippen molar-refractivity contribution >= 4 is 5.97 Å². The first-order valence-corrected chi connectivity index (χ1v) is 8.56. The topological polar surface area (TPSA) is 74.5 Å². The number of hydrogen-bond donors (Lipinski definition) is 0. The van der Waals surface area contributed by atoms with E-state index in [0.29, 0.717) is 11.6 Å². The van der Waals surface area contributed by atoms with Crippen LogP contribution in [-0.2, 0) is 22.6 Å². The van der Waals surface area contributed by atoms with Gasteiger partial charge in [0.2, 0.25) is 5.82 Å². The van der Waals surface area contributed by atoms with Crippen LogP contribution >= 0.6 is 0 Å². The number of aromatic nitrogens is 2. The molecule has 0 spiro atoms. The van der Waals surface area contributed by atoms with E-state index in [2.05, 4.69) is 17.1 Å². The highest BCUT2D eigenvalue weighted by atomic mass is 19.1. The monoisotopic (exact) mass is 370 g/mol. The smallest absolute Gasteiger partial charge is 0.347 e. The highest BCUT2D eigenvalue weighted by Crippen LogP contribution is 2.18. The zero-order valence-corrected chi connectivity index (χ0v) is 15.0. The van der Waals surface area contributed by atoms with E-state index in [-0.39, 0.29) is 18.3 Å². The van der Waals surface area contributed by atoms with Gasteiger partial charge in [-0.3, -0.25) is 0 Å². The van der Waals surface area contributed by atoms with Crippen molar-refractivity contribution in [2.45, 2.75) is 33.0 Å². The summed E-state index contributed by atoms with van der Waals surface area (Å²) in [6, 6.07) is 13.2. The van der Waals surface area contributed by atoms with Crippen LogP contribution in [0.15, 0.2) is 53.1 Å². The Labute approximate surface area is 155 Å². The van der Waals surface area contributed by atoms with Gasteiger partial charge in [-0.05, 0) is 43.2 Å². The van der Waals surface area contributed by atoms with E-state index < -0.39 is 12.1 Å². The van der Waals surface area contributed by atoms with Gasteiger partial charge >= 0.3 is 5.97 Å². The molecule has 6 nitrogen and oxygen atoms in total. The van der Waals surface area contributed by atoms with E-state index in [0.717, 1.165) is 12.0 Å². The van der Waals surface area contributed by atoms with E-state index in [1.165, 1.54) is 29.8 Å². The van der Waals surface area contributed by atoms with Crippen molar-refractivity contribution in [1.82, 2.24) is 10.1 Å². The Morgan fingerprint density at radius 3 is 2.52 bits per heavy atom. The molecule has 0 radical (unpaired) electrons. The number of hydrogen-bond acceptors (Lipinski definition) is 6. The number of benzene rings is 2. The molecular formula is C20H19FN2O4. The number of rotatable bonds is 7. The molecule has 0 saturated carbocycles. The van der Waals surface area contributed by atoms with Crippen LogP contribution in [0.25, 0.3) is 11.4 Å². The van der Waals surface area contributed by atoms with E-state index in [9.17, 15) is 9.18 Å². The summed E-state index contributed by atoms with van der Waals surface area (Å²) >= 11 is 0. The average Bonchev–Trinajstić information content (AvgIpc) is 3.17. The van der Waals surface area contributed by atoms with Crippen molar-refractivity contribution in [3.63, 3.8) is 0 Å². The van der Waals surface area contributed by atoms with Gasteiger partial charge in [0, 0.05) is 5.56 Å². The summed E-state index contributed by atoms with van der Waals surface area (Å²) in [5, 5.41) is 3.90. The van der Waals surface area contributed by atoms with Gasteiger partial charge in [0.05, 0.1) is 0 Å². The van der Waals surface area contributed by atoms with Crippen LogP contribution < -0.4 is 4.74 Å². The maximum Gasteiger partial charge on any atom is 0.347 e. The van der Waals surface area contributed by atoms with Gasteiger partial charge in [-0.25, -0.2) is 9.18 Å². The van der Waals surface area contributed by atoms with Crippen molar-refractivity contribution in [2.24, 2.45) is 0 Å². The lowest BCUT2D eigenvalue weighted by Gasteiger charge is -2.13. The molecule has 0 unspecified atom stereocenters. The largest absolute Gasteiger partial charge is 0.479 e. The lowest BCUT2D eigenvalue weighted by molar-refractivity contribution is -0.153. The lowest BCUT2D eigenvalue weighted by atomic mass is 10.1. The van der Waals surface area contributed by atoms with Crippen molar-refractivity contribution < 1.29 is 23.2 Å². The highest BCUT2D eigenvalue weighted by molar-refractivity contribution is 5.74. The number of ether oxygens (including phenoxy) is 2. The molecule has 1 atom stereocenters. The van der Waals surface area contributed by atoms with Crippen molar-refractivity contribution in [1.29, 1.82) is 0 Å². The predicted molar refractivity (Wildman–Crippen MR) is 95.4 cm³/mol. The molecule has 0 fully saturated rings. The lowest BCUT2D eigenvalue weighted by Crippen LogP contribution is -2.26. The molecular weight excluding hydrogens is 351 g/mol. The number of carbonyl (C=O) groups is 1. The average molecular weight is 370 g/mol. The van der Waals surface area contributed by atoms with Crippen LogP contribution in [-0.4, -0.2) is 22.2 Å². The van der Waals surface area contributed by atoms with Crippen LogP contribution in [0.2, 0.25) is 0 Å². The minimum atomic E-state index is -0.862. The Bertz CT molecular complexity index is 891. The second-order valence-electron chi connectivity index (χ2n) is 5.88. The van der Waals surface area contributed by atoms with E-state index >= 15 is 0 Å². The molecule has 140 valence electrons. The summed E-state index contributed by atoms with van der Waals surface area (Å²) in [5.74, 6) is 0.0168. The Hall–Kier alpha value is -3.22. The van der Waals surface area contributed by atoms with Crippen LogP contribution in [0.1, 0.15) is 25.3 Å². The number of halogens is 1. The van der Waals surface area contributed by atoms with Gasteiger partial charge in [0.25, 0.3) is 5.89 Å². The maximum absolute atomic E-state index is 12.9. The zero-order valence-electron chi connectivity index (χ0n) is 15.0. The number of aryl methyl sites for hydroxylation is 1. The molecule has 7 heteroatoms. The van der Waals surface area contributed by atoms with E-state index in [4.69, 9.17) is 14.0 Å². The summed E-state index contributed by atoms with van der Waals surface area (Å²) < 4.78 is 28.5. The summed E-state index contributed by atoms with van der Waals surface area (Å²) in [4.78, 5) is 16.2. The molecule has 3 rings (SSSR count). The molecule has 0 amide bonds. The predicted octanol–water partition coefficient (Wildman–Crippen LogP) is 3.95. The maximum atomic E-state index is 12.9. The molecule has 0 N–H and O–H groups in total. The summed E-state index contributed by atoms with van der Waals surface area (Å²) in [6.07, 6.45) is 0.0887. The summed E-state index contributed by atoms with van der Waals surface area (Å²) in [5.41, 5.74) is 2.04. The summed E-state index contributed by atoms with van der Waals surface area (Å²) in [7, 11) is 0. The molecule has 0 bridgehead atoms. The van der Waals surface area contributed by atoms with Crippen LogP contribution in [0.3, 0.4) is 0 Å². The Kier molecular flexibility index (Phi) is 5.80. The molecule has 0 aliphatic rings. The number of carbonyl (C=O) groups excluding carboxylic acids is 1. The number of nitrogens with zero attached hydrogens (tertiary/aromatic N) is 2. The Morgan fingerprint density at radius 2 is 1.85 bits per heavy atom. The SMILES string of the molecule is CCc1ccc(-c2noc(COC(=O)[C@H](C)Oc3ccc(F)cc3)n2)cc1. The van der Waals surface area contributed by atoms with Gasteiger partial charge in [-0.1, -0.05) is 36.3 Å². The fourth-order valence-electron chi connectivity index (χ4n) is 2.34. The van der Waals surface area contributed by atoms with Crippen molar-refractivity contribution in [3.8, 4) is 17.1 Å². The molecule has 0 aliphatic carbocycles. The Balaban J connectivity index is 1.54. The van der Waals surface area contributed by atoms with E-state index in [1.807, 2.05) is 24.3 Å². The van der Waals surface area contributed by atoms with Crippen LogP contribution in [0, 0.1) is 5.82 Å². The second-order valence-corrected chi connectivity index (χ2v) is 5.88. The highest BCUT2D eigenvalue weighted by Gasteiger charge is 2.18. The molecule has 3 aromatic rings. The first kappa shape index (κ1) is 18.6.